The van der Waals surface area contributed by atoms with Gasteiger partial charge in [-0.1, -0.05) is 6.07 Å². The topological polar surface area (TPSA) is 9.23 Å². The molecule has 1 nitrogen and oxygen atoms in total. The first kappa shape index (κ1) is 10.6. The van der Waals surface area contributed by atoms with Crippen molar-refractivity contribution in [1.82, 2.24) is 0 Å². The van der Waals surface area contributed by atoms with Gasteiger partial charge in [0, 0.05) is 0 Å². The molecule has 0 atom stereocenters. The zero-order valence-corrected chi connectivity index (χ0v) is 10.1. The molecule has 0 unspecified atom stereocenters. The average Bonchev–Trinajstić information content (AvgIpc) is 1.93. The van der Waals surface area contributed by atoms with E-state index < -0.39 is 0 Å². The molecule has 0 saturated carbocycles. The smallest absolute Gasteiger partial charge is 0.134 e. The third-order valence-corrected chi connectivity index (χ3v) is 2.12. The quantitative estimate of drug-likeness (QED) is 0.726. The van der Waals surface area contributed by atoms with Crippen LogP contribution in [0.2, 0.25) is 0 Å². The molecule has 1 rings (SSSR count). The van der Waals surface area contributed by atoms with Crippen LogP contribution in [0.15, 0.2) is 22.7 Å². The number of hydrogen-bond donors (Lipinski definition) is 0. The fraction of sp³-hybridized carbons (Fsp3) is 0.455. The van der Waals surface area contributed by atoms with Crippen molar-refractivity contribution in [2.24, 2.45) is 0 Å². The van der Waals surface area contributed by atoms with Crippen LogP contribution >= 0.6 is 15.9 Å². The van der Waals surface area contributed by atoms with Crippen LogP contribution in [0.4, 0.5) is 0 Å². The Morgan fingerprint density at radius 1 is 1.23 bits per heavy atom. The van der Waals surface area contributed by atoms with Crippen molar-refractivity contribution < 1.29 is 4.74 Å². The van der Waals surface area contributed by atoms with Crippen molar-refractivity contribution in [2.45, 2.75) is 33.3 Å². The van der Waals surface area contributed by atoms with Gasteiger partial charge in [0.1, 0.15) is 11.4 Å². The Labute approximate surface area is 88.2 Å². The third-order valence-electron chi connectivity index (χ3n) is 1.50. The zero-order chi connectivity index (χ0) is 10.1. The van der Waals surface area contributed by atoms with E-state index in [1.807, 2.05) is 32.9 Å². The molecule has 0 aromatic heterocycles. The van der Waals surface area contributed by atoms with Gasteiger partial charge in [0.05, 0.1) is 4.47 Å². The Morgan fingerprint density at radius 2 is 1.85 bits per heavy atom. The lowest BCUT2D eigenvalue weighted by atomic mass is 10.2. The average molecular weight is 243 g/mol. The molecule has 1 aromatic carbocycles. The summed E-state index contributed by atoms with van der Waals surface area (Å²) in [5.74, 6) is 0.901. The molecule has 13 heavy (non-hydrogen) atoms. The Morgan fingerprint density at radius 3 is 2.31 bits per heavy atom. The van der Waals surface area contributed by atoms with Crippen LogP contribution in [0.25, 0.3) is 0 Å². The van der Waals surface area contributed by atoms with E-state index in [0.717, 1.165) is 10.2 Å². The molecule has 0 aliphatic carbocycles. The Bertz CT molecular complexity index is 299. The second-order valence-electron chi connectivity index (χ2n) is 4.15. The minimum atomic E-state index is -0.141. The summed E-state index contributed by atoms with van der Waals surface area (Å²) in [4.78, 5) is 0. The summed E-state index contributed by atoms with van der Waals surface area (Å²) in [5.41, 5.74) is 1.09. The Hall–Kier alpha value is -0.500. The van der Waals surface area contributed by atoms with E-state index in [4.69, 9.17) is 4.74 Å². The van der Waals surface area contributed by atoms with Gasteiger partial charge in [-0.05, 0) is 61.3 Å². The second kappa shape index (κ2) is 3.70. The summed E-state index contributed by atoms with van der Waals surface area (Å²) in [5, 5.41) is 0. The van der Waals surface area contributed by atoms with Crippen LogP contribution in [0, 0.1) is 6.92 Å². The Balaban J connectivity index is 2.90. The first-order chi connectivity index (χ1) is 5.88. The number of hydrogen-bond acceptors (Lipinski definition) is 1. The molecule has 0 radical (unpaired) electrons. The van der Waals surface area contributed by atoms with Gasteiger partial charge in [-0.3, -0.25) is 0 Å². The largest absolute Gasteiger partial charge is 0.487 e. The van der Waals surface area contributed by atoms with E-state index in [0.29, 0.717) is 0 Å². The number of aryl methyl sites for hydroxylation is 1. The molecule has 0 spiro atoms. The highest BCUT2D eigenvalue weighted by molar-refractivity contribution is 9.10. The van der Waals surface area contributed by atoms with Crippen LogP contribution in [-0.4, -0.2) is 5.60 Å². The van der Waals surface area contributed by atoms with Gasteiger partial charge in [0.25, 0.3) is 0 Å². The van der Waals surface area contributed by atoms with E-state index in [2.05, 4.69) is 28.9 Å². The minimum Gasteiger partial charge on any atom is -0.487 e. The van der Waals surface area contributed by atoms with Crippen LogP contribution < -0.4 is 4.74 Å². The van der Waals surface area contributed by atoms with Crippen molar-refractivity contribution in [3.05, 3.63) is 28.2 Å². The summed E-state index contributed by atoms with van der Waals surface area (Å²) in [6.45, 7) is 8.18. The lowest BCUT2D eigenvalue weighted by Gasteiger charge is -2.22. The SMILES string of the molecule is Cc1ccc(OC(C)(C)C)c(Br)c1. The molecule has 0 N–H and O–H groups in total. The molecule has 1 aromatic rings. The second-order valence-corrected chi connectivity index (χ2v) is 5.00. The molecular formula is C11H15BrO. The maximum absolute atomic E-state index is 5.74. The maximum atomic E-state index is 5.74. The number of halogens is 1. The van der Waals surface area contributed by atoms with E-state index in [-0.39, 0.29) is 5.60 Å². The van der Waals surface area contributed by atoms with Gasteiger partial charge in [-0.15, -0.1) is 0 Å². The molecule has 0 heterocycles. The lowest BCUT2D eigenvalue weighted by molar-refractivity contribution is 0.130. The summed E-state index contributed by atoms with van der Waals surface area (Å²) in [6, 6.07) is 6.09. The standard InChI is InChI=1S/C11H15BrO/c1-8-5-6-10(9(12)7-8)13-11(2,3)4/h5-7H,1-4H3. The van der Waals surface area contributed by atoms with Crippen molar-refractivity contribution >= 4 is 15.9 Å². The number of ether oxygens (including phenoxy) is 1. The highest BCUT2D eigenvalue weighted by Crippen LogP contribution is 2.28. The van der Waals surface area contributed by atoms with Crippen LogP contribution in [0.5, 0.6) is 5.75 Å². The van der Waals surface area contributed by atoms with Crippen LogP contribution in [-0.2, 0) is 0 Å². The zero-order valence-electron chi connectivity index (χ0n) is 8.52. The van der Waals surface area contributed by atoms with Crippen LogP contribution in [0.3, 0.4) is 0 Å². The molecule has 0 aliphatic rings. The molecule has 2 heteroatoms. The van der Waals surface area contributed by atoms with Gasteiger partial charge in [0.15, 0.2) is 0 Å². The van der Waals surface area contributed by atoms with Gasteiger partial charge >= 0.3 is 0 Å². The van der Waals surface area contributed by atoms with E-state index in [1.165, 1.54) is 5.56 Å². The number of benzene rings is 1. The first-order valence-corrected chi connectivity index (χ1v) is 5.13. The molecule has 0 fully saturated rings. The summed E-state index contributed by atoms with van der Waals surface area (Å²) < 4.78 is 6.76. The van der Waals surface area contributed by atoms with Crippen molar-refractivity contribution in [3.8, 4) is 5.75 Å². The number of rotatable bonds is 1. The fourth-order valence-corrected chi connectivity index (χ4v) is 1.59. The molecule has 0 bridgehead atoms. The highest BCUT2D eigenvalue weighted by Gasteiger charge is 2.13. The lowest BCUT2D eigenvalue weighted by Crippen LogP contribution is -2.23. The van der Waals surface area contributed by atoms with Crippen molar-refractivity contribution in [1.29, 1.82) is 0 Å². The third kappa shape index (κ3) is 3.39. The van der Waals surface area contributed by atoms with Gasteiger partial charge in [-0.2, -0.15) is 0 Å². The van der Waals surface area contributed by atoms with Gasteiger partial charge in [-0.25, -0.2) is 0 Å². The monoisotopic (exact) mass is 242 g/mol. The summed E-state index contributed by atoms with van der Waals surface area (Å²) >= 11 is 3.47. The minimum absolute atomic E-state index is 0.141. The van der Waals surface area contributed by atoms with Crippen LogP contribution in [0.1, 0.15) is 26.3 Å². The Kier molecular flexibility index (Phi) is 3.01. The molecule has 0 saturated heterocycles. The van der Waals surface area contributed by atoms with Gasteiger partial charge in [0.2, 0.25) is 0 Å². The highest BCUT2D eigenvalue weighted by atomic mass is 79.9. The fourth-order valence-electron chi connectivity index (χ4n) is 1.02. The van der Waals surface area contributed by atoms with Crippen molar-refractivity contribution in [3.63, 3.8) is 0 Å². The predicted molar refractivity (Wildman–Crippen MR) is 59.3 cm³/mol. The normalized spacial score (nSPS) is 11.5. The van der Waals surface area contributed by atoms with E-state index in [9.17, 15) is 0 Å². The van der Waals surface area contributed by atoms with Crippen molar-refractivity contribution in [2.75, 3.05) is 0 Å². The summed E-state index contributed by atoms with van der Waals surface area (Å²) in [7, 11) is 0. The molecule has 72 valence electrons. The van der Waals surface area contributed by atoms with Gasteiger partial charge < -0.3 is 4.74 Å². The maximum Gasteiger partial charge on any atom is 0.134 e. The first-order valence-electron chi connectivity index (χ1n) is 4.34. The van der Waals surface area contributed by atoms with E-state index in [1.54, 1.807) is 0 Å². The molecule has 0 amide bonds. The predicted octanol–water partition coefficient (Wildman–Crippen LogP) is 3.93. The molecule has 0 aliphatic heterocycles. The van der Waals surface area contributed by atoms with E-state index >= 15 is 0 Å². The molecular weight excluding hydrogens is 228 g/mol. The summed E-state index contributed by atoms with van der Waals surface area (Å²) in [6.07, 6.45) is 0.